The Kier molecular flexibility index (Phi) is 3.19. The lowest BCUT2D eigenvalue weighted by Crippen LogP contribution is -2.33. The molecule has 7 heteroatoms. The summed E-state index contributed by atoms with van der Waals surface area (Å²) in [6, 6.07) is 5.90. The number of hydrogen-bond donors (Lipinski definition) is 0. The molecule has 1 aliphatic rings. The molecule has 0 N–H and O–H groups in total. The van der Waals surface area contributed by atoms with Crippen LogP contribution in [-0.2, 0) is 19.6 Å². The SMILES string of the molecule is Cc1cc(CN2CCn3c(nnc3-c3cccnc3)C2)no1. The number of pyridine rings is 1. The van der Waals surface area contributed by atoms with Crippen molar-refractivity contribution in [3.63, 3.8) is 0 Å². The maximum atomic E-state index is 5.12. The minimum absolute atomic E-state index is 0.763. The molecule has 3 aromatic rings. The first-order valence-electron chi connectivity index (χ1n) is 7.26. The van der Waals surface area contributed by atoms with Gasteiger partial charge in [-0.25, -0.2) is 0 Å². The lowest BCUT2D eigenvalue weighted by atomic mass is 10.2. The summed E-state index contributed by atoms with van der Waals surface area (Å²) < 4.78 is 7.29. The van der Waals surface area contributed by atoms with Gasteiger partial charge in [-0.15, -0.1) is 10.2 Å². The second-order valence-corrected chi connectivity index (χ2v) is 5.47. The summed E-state index contributed by atoms with van der Waals surface area (Å²) in [4.78, 5) is 6.45. The number of aryl methyl sites for hydroxylation is 1. The van der Waals surface area contributed by atoms with Crippen LogP contribution < -0.4 is 0 Å². The van der Waals surface area contributed by atoms with E-state index in [1.165, 1.54) is 0 Å². The molecule has 0 saturated carbocycles. The highest BCUT2D eigenvalue weighted by Crippen LogP contribution is 2.21. The molecule has 0 saturated heterocycles. The molecule has 0 spiro atoms. The van der Waals surface area contributed by atoms with Gasteiger partial charge < -0.3 is 9.09 Å². The van der Waals surface area contributed by atoms with Crippen LogP contribution in [0.5, 0.6) is 0 Å². The Hall–Kier alpha value is -2.54. The summed E-state index contributed by atoms with van der Waals surface area (Å²) in [6.45, 7) is 5.24. The Morgan fingerprint density at radius 3 is 3.00 bits per heavy atom. The van der Waals surface area contributed by atoms with E-state index in [4.69, 9.17) is 4.52 Å². The van der Waals surface area contributed by atoms with Gasteiger partial charge in [0, 0.05) is 43.7 Å². The zero-order valence-electron chi connectivity index (χ0n) is 12.3. The molecule has 0 atom stereocenters. The molecule has 0 aromatic carbocycles. The summed E-state index contributed by atoms with van der Waals surface area (Å²) in [6.07, 6.45) is 3.58. The monoisotopic (exact) mass is 296 g/mol. The van der Waals surface area contributed by atoms with Gasteiger partial charge in [0.2, 0.25) is 0 Å². The Morgan fingerprint density at radius 2 is 2.23 bits per heavy atom. The van der Waals surface area contributed by atoms with E-state index in [0.29, 0.717) is 0 Å². The van der Waals surface area contributed by atoms with Crippen LogP contribution in [0.15, 0.2) is 35.1 Å². The summed E-state index contributed by atoms with van der Waals surface area (Å²) in [5.41, 5.74) is 1.96. The summed E-state index contributed by atoms with van der Waals surface area (Å²) in [5, 5.41) is 12.7. The molecule has 0 fully saturated rings. The maximum Gasteiger partial charge on any atom is 0.165 e. The topological polar surface area (TPSA) is 72.9 Å². The van der Waals surface area contributed by atoms with E-state index in [1.807, 2.05) is 31.3 Å². The van der Waals surface area contributed by atoms with E-state index >= 15 is 0 Å². The van der Waals surface area contributed by atoms with Crippen molar-refractivity contribution in [2.45, 2.75) is 26.6 Å². The molecule has 0 amide bonds. The third kappa shape index (κ3) is 2.39. The maximum absolute atomic E-state index is 5.12. The number of hydrogen-bond acceptors (Lipinski definition) is 6. The Morgan fingerprint density at radius 1 is 1.27 bits per heavy atom. The highest BCUT2D eigenvalue weighted by molar-refractivity contribution is 5.53. The van der Waals surface area contributed by atoms with Gasteiger partial charge in [-0.1, -0.05) is 5.16 Å². The normalized spacial score (nSPS) is 15.0. The van der Waals surface area contributed by atoms with Gasteiger partial charge in [0.05, 0.1) is 12.2 Å². The molecule has 0 aliphatic carbocycles. The molecule has 0 radical (unpaired) electrons. The fraction of sp³-hybridized carbons (Fsp3) is 0.333. The van der Waals surface area contributed by atoms with E-state index in [2.05, 4.69) is 29.8 Å². The fourth-order valence-electron chi connectivity index (χ4n) is 2.77. The first-order valence-corrected chi connectivity index (χ1v) is 7.26. The lowest BCUT2D eigenvalue weighted by Gasteiger charge is -2.26. The Bertz CT molecular complexity index is 778. The van der Waals surface area contributed by atoms with E-state index in [9.17, 15) is 0 Å². The smallest absolute Gasteiger partial charge is 0.165 e. The minimum Gasteiger partial charge on any atom is -0.361 e. The molecule has 0 bridgehead atoms. The third-order valence-electron chi connectivity index (χ3n) is 3.81. The van der Waals surface area contributed by atoms with Crippen molar-refractivity contribution in [1.82, 2.24) is 29.8 Å². The predicted octanol–water partition coefficient (Wildman–Crippen LogP) is 1.65. The second-order valence-electron chi connectivity index (χ2n) is 5.47. The summed E-state index contributed by atoms with van der Waals surface area (Å²) in [7, 11) is 0. The van der Waals surface area contributed by atoms with Crippen LogP contribution in [0.3, 0.4) is 0 Å². The molecule has 4 rings (SSSR count). The van der Waals surface area contributed by atoms with Gasteiger partial charge in [-0.05, 0) is 19.1 Å². The molecular weight excluding hydrogens is 280 g/mol. The highest BCUT2D eigenvalue weighted by Gasteiger charge is 2.22. The van der Waals surface area contributed by atoms with Crippen LogP contribution in [-0.4, -0.2) is 36.3 Å². The van der Waals surface area contributed by atoms with Crippen molar-refractivity contribution in [1.29, 1.82) is 0 Å². The molecular formula is C15H16N6O. The average Bonchev–Trinajstić information content (AvgIpc) is 3.14. The van der Waals surface area contributed by atoms with Gasteiger partial charge in [0.15, 0.2) is 5.82 Å². The number of rotatable bonds is 3. The van der Waals surface area contributed by atoms with Crippen molar-refractivity contribution < 1.29 is 4.52 Å². The Labute approximate surface area is 127 Å². The van der Waals surface area contributed by atoms with Gasteiger partial charge in [-0.2, -0.15) is 0 Å². The van der Waals surface area contributed by atoms with Crippen LogP contribution in [0, 0.1) is 6.92 Å². The van der Waals surface area contributed by atoms with Crippen molar-refractivity contribution in [3.05, 3.63) is 47.9 Å². The number of fused-ring (bicyclic) bond motifs is 1. The first-order chi connectivity index (χ1) is 10.8. The van der Waals surface area contributed by atoms with Gasteiger partial charge >= 0.3 is 0 Å². The van der Waals surface area contributed by atoms with E-state index in [0.717, 1.165) is 54.8 Å². The van der Waals surface area contributed by atoms with E-state index in [1.54, 1.807) is 6.20 Å². The first kappa shape index (κ1) is 13.1. The fourth-order valence-corrected chi connectivity index (χ4v) is 2.77. The molecule has 112 valence electrons. The molecule has 22 heavy (non-hydrogen) atoms. The van der Waals surface area contributed by atoms with Crippen molar-refractivity contribution in [2.24, 2.45) is 0 Å². The van der Waals surface area contributed by atoms with Gasteiger partial charge in [0.25, 0.3) is 0 Å². The van der Waals surface area contributed by atoms with Crippen molar-refractivity contribution in [2.75, 3.05) is 6.54 Å². The van der Waals surface area contributed by atoms with Crippen LogP contribution in [0.2, 0.25) is 0 Å². The summed E-state index contributed by atoms with van der Waals surface area (Å²) in [5.74, 6) is 2.71. The van der Waals surface area contributed by atoms with Crippen LogP contribution >= 0.6 is 0 Å². The minimum atomic E-state index is 0.763. The molecule has 1 aliphatic heterocycles. The van der Waals surface area contributed by atoms with Crippen LogP contribution in [0.25, 0.3) is 11.4 Å². The van der Waals surface area contributed by atoms with Crippen molar-refractivity contribution >= 4 is 0 Å². The molecule has 0 unspecified atom stereocenters. The molecule has 4 heterocycles. The standard InChI is InChI=1S/C15H16N6O/c1-11-7-13(19-22-11)9-20-5-6-21-14(10-20)17-18-15(21)12-3-2-4-16-8-12/h2-4,7-8H,5-6,9-10H2,1H3. The summed E-state index contributed by atoms with van der Waals surface area (Å²) >= 11 is 0. The highest BCUT2D eigenvalue weighted by atomic mass is 16.5. The van der Waals surface area contributed by atoms with E-state index in [-0.39, 0.29) is 0 Å². The van der Waals surface area contributed by atoms with Crippen LogP contribution in [0.1, 0.15) is 17.3 Å². The van der Waals surface area contributed by atoms with Crippen molar-refractivity contribution in [3.8, 4) is 11.4 Å². The molecule has 3 aromatic heterocycles. The largest absolute Gasteiger partial charge is 0.361 e. The van der Waals surface area contributed by atoms with E-state index < -0.39 is 0 Å². The second kappa shape index (κ2) is 5.34. The zero-order chi connectivity index (χ0) is 14.9. The van der Waals surface area contributed by atoms with Gasteiger partial charge in [0.1, 0.15) is 11.6 Å². The quantitative estimate of drug-likeness (QED) is 0.732. The predicted molar refractivity (Wildman–Crippen MR) is 78.6 cm³/mol. The average molecular weight is 296 g/mol. The zero-order valence-corrected chi connectivity index (χ0v) is 12.3. The number of nitrogens with zero attached hydrogens (tertiary/aromatic N) is 6. The molecule has 7 nitrogen and oxygen atoms in total. The van der Waals surface area contributed by atoms with Gasteiger partial charge in [-0.3, -0.25) is 9.88 Å². The number of aromatic nitrogens is 5. The Balaban J connectivity index is 1.54. The third-order valence-corrected chi connectivity index (χ3v) is 3.81. The van der Waals surface area contributed by atoms with Crippen LogP contribution in [0.4, 0.5) is 0 Å². The lowest BCUT2D eigenvalue weighted by molar-refractivity contribution is 0.203.